The lowest BCUT2D eigenvalue weighted by atomic mass is 9.84. The van der Waals surface area contributed by atoms with E-state index in [0.717, 1.165) is 34.4 Å². The zero-order chi connectivity index (χ0) is 27.3. The Labute approximate surface area is 222 Å². The van der Waals surface area contributed by atoms with Crippen LogP contribution < -0.4 is 4.74 Å². The van der Waals surface area contributed by atoms with Crippen LogP contribution >= 0.6 is 0 Å². The van der Waals surface area contributed by atoms with Crippen molar-refractivity contribution in [1.82, 2.24) is 4.90 Å². The highest BCUT2D eigenvalue weighted by Crippen LogP contribution is 2.45. The second kappa shape index (κ2) is 9.70. The van der Waals surface area contributed by atoms with Gasteiger partial charge in [0.05, 0.1) is 5.56 Å². The Morgan fingerprint density at radius 1 is 0.872 bits per heavy atom. The molecule has 1 aliphatic carbocycles. The van der Waals surface area contributed by atoms with E-state index in [-0.39, 0.29) is 30.2 Å². The number of halogens is 4. The molecule has 0 radical (unpaired) electrons. The van der Waals surface area contributed by atoms with Gasteiger partial charge in [0.1, 0.15) is 18.2 Å². The van der Waals surface area contributed by atoms with Crippen LogP contribution in [0.5, 0.6) is 5.75 Å². The average Bonchev–Trinajstić information content (AvgIpc) is 3.36. The first-order valence-electron chi connectivity index (χ1n) is 12.9. The Morgan fingerprint density at radius 3 is 2.03 bits per heavy atom. The summed E-state index contributed by atoms with van der Waals surface area (Å²) in [5.74, 6) is -2.86. The number of carbonyl (C=O) groups is 2. The van der Waals surface area contributed by atoms with Crippen LogP contribution in [0, 0.1) is 11.7 Å². The summed E-state index contributed by atoms with van der Waals surface area (Å²) in [5, 5.41) is 0. The van der Waals surface area contributed by atoms with Crippen molar-refractivity contribution < 1.29 is 36.6 Å². The van der Waals surface area contributed by atoms with Gasteiger partial charge in [-0.3, -0.25) is 4.79 Å². The maximum Gasteiger partial charge on any atom is 0.573 e. The molecule has 3 aromatic carbocycles. The van der Waals surface area contributed by atoms with Crippen LogP contribution in [0.15, 0.2) is 66.7 Å². The minimum absolute atomic E-state index is 0.0645. The Hall–Kier alpha value is -3.88. The van der Waals surface area contributed by atoms with Crippen LogP contribution in [0.4, 0.5) is 22.4 Å². The highest BCUT2D eigenvalue weighted by atomic mass is 19.4. The molecule has 1 amide bonds. The lowest BCUT2D eigenvalue weighted by Gasteiger charge is -2.37. The Kier molecular flexibility index (Phi) is 6.32. The van der Waals surface area contributed by atoms with E-state index in [2.05, 4.69) is 29.0 Å². The third kappa shape index (κ3) is 4.75. The molecule has 39 heavy (non-hydrogen) atoms. The smallest absolute Gasteiger partial charge is 0.448 e. The molecule has 2 saturated heterocycles. The standard InChI is InChI=1S/C30H25F4NO4/c31-27-15-20(39-30(32,33)34)11-12-25(27)28(36)17-13-18-9-10-19(14-17)35(18)29(37)38-16-26-23-7-3-1-5-21(23)22-6-2-4-8-24(22)26/h1-8,11-12,15,17-19,26H,9-10,13-14,16H2. The van der Waals surface area contributed by atoms with Gasteiger partial charge in [-0.25, -0.2) is 9.18 Å². The second-order valence-corrected chi connectivity index (χ2v) is 10.3. The van der Waals surface area contributed by atoms with Crippen molar-refractivity contribution in [3.8, 4) is 16.9 Å². The highest BCUT2D eigenvalue weighted by molar-refractivity contribution is 5.98. The summed E-state index contributed by atoms with van der Waals surface area (Å²) in [6, 6.07) is 18.3. The molecular weight excluding hydrogens is 514 g/mol. The van der Waals surface area contributed by atoms with E-state index < -0.39 is 35.7 Å². The molecule has 2 heterocycles. The summed E-state index contributed by atoms with van der Waals surface area (Å²) in [4.78, 5) is 28.1. The number of carbonyl (C=O) groups excluding carboxylic acids is 2. The van der Waals surface area contributed by atoms with E-state index in [4.69, 9.17) is 4.74 Å². The summed E-state index contributed by atoms with van der Waals surface area (Å²) in [6.07, 6.45) is -3.27. The molecule has 0 aromatic heterocycles. The van der Waals surface area contributed by atoms with Crippen LogP contribution in [0.3, 0.4) is 0 Å². The summed E-state index contributed by atoms with van der Waals surface area (Å²) in [7, 11) is 0. The Bertz CT molecular complexity index is 1380. The summed E-state index contributed by atoms with van der Waals surface area (Å²) >= 11 is 0. The number of rotatable bonds is 5. The minimum Gasteiger partial charge on any atom is -0.448 e. The van der Waals surface area contributed by atoms with E-state index >= 15 is 0 Å². The first-order chi connectivity index (χ1) is 18.7. The topological polar surface area (TPSA) is 55.8 Å². The predicted molar refractivity (Wildman–Crippen MR) is 134 cm³/mol. The molecule has 2 aliphatic heterocycles. The van der Waals surface area contributed by atoms with E-state index in [9.17, 15) is 27.2 Å². The van der Waals surface area contributed by atoms with Gasteiger partial charge in [0.25, 0.3) is 0 Å². The molecular formula is C30H25F4NO4. The third-order valence-corrected chi connectivity index (χ3v) is 8.09. The van der Waals surface area contributed by atoms with Gasteiger partial charge in [-0.05, 0) is 60.1 Å². The van der Waals surface area contributed by atoms with Crippen molar-refractivity contribution in [2.45, 2.75) is 50.0 Å². The number of hydrogen-bond donors (Lipinski definition) is 0. The number of fused-ring (bicyclic) bond motifs is 5. The number of piperidine rings is 1. The van der Waals surface area contributed by atoms with Crippen LogP contribution in [-0.4, -0.2) is 41.8 Å². The van der Waals surface area contributed by atoms with Crippen LogP contribution in [0.1, 0.15) is 53.1 Å². The maximum atomic E-state index is 14.6. The van der Waals surface area contributed by atoms with Gasteiger partial charge in [-0.15, -0.1) is 13.2 Å². The predicted octanol–water partition coefficient (Wildman–Crippen LogP) is 7.10. The molecule has 2 atom stereocenters. The fraction of sp³-hybridized carbons (Fsp3) is 0.333. The number of benzene rings is 3. The van der Waals surface area contributed by atoms with E-state index in [0.29, 0.717) is 31.7 Å². The van der Waals surface area contributed by atoms with Crippen molar-refractivity contribution in [2.75, 3.05) is 6.61 Å². The molecule has 202 valence electrons. The van der Waals surface area contributed by atoms with Crippen LogP contribution in [0.25, 0.3) is 11.1 Å². The minimum atomic E-state index is -4.96. The number of Topliss-reactive ketones (excluding diaryl/α,β-unsaturated/α-hetero) is 1. The first kappa shape index (κ1) is 25.4. The molecule has 0 N–H and O–H groups in total. The van der Waals surface area contributed by atoms with Crippen molar-refractivity contribution >= 4 is 11.9 Å². The van der Waals surface area contributed by atoms with Gasteiger partial charge >= 0.3 is 12.5 Å². The molecule has 2 unspecified atom stereocenters. The van der Waals surface area contributed by atoms with Crippen molar-refractivity contribution in [1.29, 1.82) is 0 Å². The quantitative estimate of drug-likeness (QED) is 0.256. The second-order valence-electron chi connectivity index (χ2n) is 10.3. The SMILES string of the molecule is O=C(c1ccc(OC(F)(F)F)cc1F)C1CC2CCC(C1)N2C(=O)OCC1c2ccccc2-c2ccccc21. The third-order valence-electron chi connectivity index (χ3n) is 8.09. The molecule has 2 fully saturated rings. The largest absolute Gasteiger partial charge is 0.573 e. The van der Waals surface area contributed by atoms with E-state index in [1.54, 1.807) is 4.90 Å². The molecule has 0 spiro atoms. The zero-order valence-corrected chi connectivity index (χ0v) is 20.8. The molecule has 0 saturated carbocycles. The van der Waals surface area contributed by atoms with Crippen LogP contribution in [-0.2, 0) is 4.74 Å². The van der Waals surface area contributed by atoms with Gasteiger partial charge in [0.2, 0.25) is 0 Å². The molecule has 3 aromatic rings. The number of alkyl halides is 3. The number of amides is 1. The fourth-order valence-corrected chi connectivity index (χ4v) is 6.47. The van der Waals surface area contributed by atoms with Crippen molar-refractivity contribution in [3.63, 3.8) is 0 Å². The van der Waals surface area contributed by atoms with Crippen molar-refractivity contribution in [3.05, 3.63) is 89.2 Å². The number of ketones is 1. The van der Waals surface area contributed by atoms with Crippen molar-refractivity contribution in [2.24, 2.45) is 5.92 Å². The highest BCUT2D eigenvalue weighted by Gasteiger charge is 2.46. The van der Waals surface area contributed by atoms with E-state index in [1.165, 1.54) is 0 Å². The zero-order valence-electron chi connectivity index (χ0n) is 20.8. The average molecular weight is 540 g/mol. The molecule has 6 rings (SSSR count). The van der Waals surface area contributed by atoms with Gasteiger partial charge in [-0.2, -0.15) is 0 Å². The van der Waals surface area contributed by atoms with Crippen LogP contribution in [0.2, 0.25) is 0 Å². The summed E-state index contributed by atoms with van der Waals surface area (Å²) < 4.78 is 61.5. The number of nitrogens with zero attached hydrogens (tertiary/aromatic N) is 1. The Balaban J connectivity index is 1.12. The van der Waals surface area contributed by atoms with Gasteiger partial charge in [0.15, 0.2) is 5.78 Å². The van der Waals surface area contributed by atoms with Gasteiger partial charge < -0.3 is 14.4 Å². The lowest BCUT2D eigenvalue weighted by molar-refractivity contribution is -0.274. The summed E-state index contributed by atoms with van der Waals surface area (Å²) in [5.41, 5.74) is 4.24. The first-order valence-corrected chi connectivity index (χ1v) is 12.9. The lowest BCUT2D eigenvalue weighted by Crippen LogP contribution is -2.48. The molecule has 9 heteroatoms. The number of ether oxygens (including phenoxy) is 2. The summed E-state index contributed by atoms with van der Waals surface area (Å²) in [6.45, 7) is 0.197. The fourth-order valence-electron chi connectivity index (χ4n) is 6.47. The molecule has 3 aliphatic rings. The normalized spacial score (nSPS) is 21.8. The Morgan fingerprint density at radius 2 is 1.46 bits per heavy atom. The van der Waals surface area contributed by atoms with Gasteiger partial charge in [-0.1, -0.05) is 48.5 Å². The number of hydrogen-bond acceptors (Lipinski definition) is 4. The van der Waals surface area contributed by atoms with Gasteiger partial charge in [0, 0.05) is 30.0 Å². The molecule has 2 bridgehead atoms. The van der Waals surface area contributed by atoms with E-state index in [1.807, 2.05) is 24.3 Å². The molecule has 5 nitrogen and oxygen atoms in total. The monoisotopic (exact) mass is 539 g/mol. The maximum absolute atomic E-state index is 14.6.